The summed E-state index contributed by atoms with van der Waals surface area (Å²) in [5, 5.41) is 13.3. The molecule has 0 aliphatic carbocycles. The number of nitrogens with zero attached hydrogens (tertiary/aromatic N) is 6. The average Bonchev–Trinajstić information content (AvgIpc) is 2.82. The van der Waals surface area contributed by atoms with Crippen molar-refractivity contribution >= 4 is 46.2 Å². The molecule has 0 bridgehead atoms. The summed E-state index contributed by atoms with van der Waals surface area (Å²) in [6.45, 7) is 7.96. The van der Waals surface area contributed by atoms with Crippen LogP contribution < -0.4 is 22.3 Å². The molecule has 1 aliphatic rings. The van der Waals surface area contributed by atoms with Gasteiger partial charge in [-0.25, -0.2) is 9.78 Å². The van der Waals surface area contributed by atoms with Crippen LogP contribution in [0, 0.1) is 11.3 Å². The largest absolute Gasteiger partial charge is 0.444 e. The molecular formula is C25H30ClN9O3. The summed E-state index contributed by atoms with van der Waals surface area (Å²) >= 11 is 6.43. The third-order valence-corrected chi connectivity index (χ3v) is 6.44. The Bertz CT molecular complexity index is 1490. The van der Waals surface area contributed by atoms with Gasteiger partial charge in [-0.3, -0.25) is 9.36 Å². The van der Waals surface area contributed by atoms with Crippen LogP contribution >= 0.6 is 11.6 Å². The number of aromatic nitrogens is 4. The number of benzene rings is 1. The van der Waals surface area contributed by atoms with Crippen LogP contribution in [-0.2, 0) is 4.74 Å². The molecule has 1 unspecified atom stereocenters. The molecule has 2 atom stereocenters. The fraction of sp³-hybridized carbons (Fsp3) is 0.440. The molecule has 12 nitrogen and oxygen atoms in total. The Balaban J connectivity index is 1.80. The lowest BCUT2D eigenvalue weighted by atomic mass is 10.0. The first kappa shape index (κ1) is 26.9. The van der Waals surface area contributed by atoms with Crippen molar-refractivity contribution in [3.8, 4) is 6.07 Å². The zero-order valence-corrected chi connectivity index (χ0v) is 22.4. The molecule has 0 spiro atoms. The van der Waals surface area contributed by atoms with E-state index in [1.165, 1.54) is 0 Å². The number of ether oxygens (including phenoxy) is 1. The molecule has 13 heteroatoms. The molecule has 38 heavy (non-hydrogen) atoms. The monoisotopic (exact) mass is 539 g/mol. The minimum absolute atomic E-state index is 0.0255. The van der Waals surface area contributed by atoms with Crippen molar-refractivity contribution in [3.63, 3.8) is 0 Å². The Morgan fingerprint density at radius 2 is 2.03 bits per heavy atom. The van der Waals surface area contributed by atoms with Gasteiger partial charge in [-0.1, -0.05) is 17.7 Å². The minimum atomic E-state index is -0.651. The quantitative estimate of drug-likeness (QED) is 0.443. The average molecular weight is 540 g/mol. The number of nitrogen functional groups attached to an aromatic ring is 2. The zero-order valence-electron chi connectivity index (χ0n) is 21.7. The molecule has 1 aliphatic heterocycles. The summed E-state index contributed by atoms with van der Waals surface area (Å²) < 4.78 is 7.14. The number of nitrogens with two attached hydrogens (primary N) is 2. The summed E-state index contributed by atoms with van der Waals surface area (Å²) in [5.41, 5.74) is 11.1. The van der Waals surface area contributed by atoms with Gasteiger partial charge in [0.25, 0.3) is 5.56 Å². The molecule has 200 valence electrons. The van der Waals surface area contributed by atoms with Crippen molar-refractivity contribution in [3.05, 3.63) is 45.0 Å². The van der Waals surface area contributed by atoms with E-state index in [1.807, 2.05) is 6.07 Å². The number of carbonyl (C=O) groups is 1. The van der Waals surface area contributed by atoms with Gasteiger partial charge in [0.2, 0.25) is 5.95 Å². The van der Waals surface area contributed by atoms with Gasteiger partial charge >= 0.3 is 6.09 Å². The number of anilines is 3. The van der Waals surface area contributed by atoms with Gasteiger partial charge in [0, 0.05) is 13.1 Å². The van der Waals surface area contributed by atoms with Crippen LogP contribution in [-0.4, -0.2) is 49.2 Å². The van der Waals surface area contributed by atoms with E-state index >= 15 is 0 Å². The van der Waals surface area contributed by atoms with Crippen molar-refractivity contribution in [2.45, 2.75) is 58.2 Å². The molecule has 1 aromatic carbocycles. The van der Waals surface area contributed by atoms with E-state index in [9.17, 15) is 14.9 Å². The van der Waals surface area contributed by atoms with Crippen LogP contribution in [0.3, 0.4) is 0 Å². The highest BCUT2D eigenvalue weighted by atomic mass is 35.5. The van der Waals surface area contributed by atoms with Gasteiger partial charge in [0.05, 0.1) is 28.0 Å². The van der Waals surface area contributed by atoms with Gasteiger partial charge in [-0.15, -0.1) is 0 Å². The van der Waals surface area contributed by atoms with Crippen LogP contribution in [0.4, 0.5) is 22.4 Å². The SMILES string of the molecule is C[C@H](Nc1nc(N)nc(N)c1C#N)c1nc2cccc(Cl)c2c(=O)n1C1CCCN(C(=O)OC(C)(C)C)C1. The van der Waals surface area contributed by atoms with Crippen LogP contribution in [0.1, 0.15) is 64.0 Å². The van der Waals surface area contributed by atoms with Crippen LogP contribution in [0.5, 0.6) is 0 Å². The number of likely N-dealkylation sites (tertiary alicyclic amines) is 1. The Morgan fingerprint density at radius 1 is 1.29 bits per heavy atom. The fourth-order valence-electron chi connectivity index (χ4n) is 4.52. The van der Waals surface area contributed by atoms with E-state index in [2.05, 4.69) is 15.3 Å². The second kappa shape index (κ2) is 10.3. The second-order valence-corrected chi connectivity index (χ2v) is 10.6. The Morgan fingerprint density at radius 3 is 2.71 bits per heavy atom. The van der Waals surface area contributed by atoms with Crippen LogP contribution in [0.15, 0.2) is 23.0 Å². The van der Waals surface area contributed by atoms with E-state index < -0.39 is 23.8 Å². The molecule has 5 N–H and O–H groups in total. The molecular weight excluding hydrogens is 510 g/mol. The van der Waals surface area contributed by atoms with Crippen molar-refractivity contribution in [2.75, 3.05) is 29.9 Å². The molecule has 1 fully saturated rings. The van der Waals surface area contributed by atoms with Crippen molar-refractivity contribution in [1.82, 2.24) is 24.4 Å². The summed E-state index contributed by atoms with van der Waals surface area (Å²) in [6.07, 6.45) is 0.851. The number of piperidine rings is 1. The molecule has 4 rings (SSSR count). The molecule has 0 radical (unpaired) electrons. The number of rotatable bonds is 4. The zero-order chi connectivity index (χ0) is 27.8. The third kappa shape index (κ3) is 5.43. The van der Waals surface area contributed by atoms with Gasteiger partial charge in [-0.2, -0.15) is 15.2 Å². The van der Waals surface area contributed by atoms with Gasteiger partial charge < -0.3 is 26.4 Å². The van der Waals surface area contributed by atoms with Crippen molar-refractivity contribution < 1.29 is 9.53 Å². The number of hydrogen-bond acceptors (Lipinski definition) is 10. The third-order valence-electron chi connectivity index (χ3n) is 6.13. The highest BCUT2D eigenvalue weighted by Gasteiger charge is 2.32. The normalized spacial score (nSPS) is 16.6. The van der Waals surface area contributed by atoms with E-state index in [0.29, 0.717) is 30.7 Å². The number of halogens is 1. The lowest BCUT2D eigenvalue weighted by Gasteiger charge is -2.36. The van der Waals surface area contributed by atoms with E-state index in [0.717, 1.165) is 0 Å². The minimum Gasteiger partial charge on any atom is -0.444 e. The molecule has 0 saturated carbocycles. The molecule has 2 aromatic heterocycles. The van der Waals surface area contributed by atoms with Crippen molar-refractivity contribution in [2.24, 2.45) is 0 Å². The number of amides is 1. The first-order valence-corrected chi connectivity index (χ1v) is 12.6. The highest BCUT2D eigenvalue weighted by Crippen LogP contribution is 2.30. The molecule has 3 aromatic rings. The van der Waals surface area contributed by atoms with E-state index in [4.69, 9.17) is 32.8 Å². The standard InChI is InChI=1S/C25H30ClN9O3/c1-13(30-20-15(11-27)19(28)32-23(29)33-20)21-31-17-9-5-8-16(26)18(17)22(36)35(21)14-7-6-10-34(12-14)24(37)38-25(2,3)4/h5,8-9,13-14H,6-7,10,12H2,1-4H3,(H5,28,29,30,32,33)/t13-,14?/m0/s1. The topological polar surface area (TPSA) is 178 Å². The highest BCUT2D eigenvalue weighted by molar-refractivity contribution is 6.35. The van der Waals surface area contributed by atoms with Crippen molar-refractivity contribution in [1.29, 1.82) is 5.26 Å². The molecule has 1 amide bonds. The van der Waals surface area contributed by atoms with Gasteiger partial charge in [0.15, 0.2) is 5.82 Å². The number of fused-ring (bicyclic) bond motifs is 1. The molecule has 3 heterocycles. The smallest absolute Gasteiger partial charge is 0.410 e. The Labute approximate surface area is 224 Å². The first-order chi connectivity index (χ1) is 17.9. The summed E-state index contributed by atoms with van der Waals surface area (Å²) in [5.74, 6) is 0.328. The van der Waals surface area contributed by atoms with Crippen LogP contribution in [0.2, 0.25) is 5.02 Å². The number of nitrogens with one attached hydrogen (secondary N) is 1. The Hall–Kier alpha value is -4.11. The van der Waals surface area contributed by atoms with Gasteiger partial charge in [0.1, 0.15) is 28.9 Å². The predicted octanol–water partition coefficient (Wildman–Crippen LogP) is 3.62. The molecule has 1 saturated heterocycles. The summed E-state index contributed by atoms with van der Waals surface area (Å²) in [6, 6.07) is 6.02. The maximum atomic E-state index is 13.9. The lowest BCUT2D eigenvalue weighted by molar-refractivity contribution is 0.0169. The summed E-state index contributed by atoms with van der Waals surface area (Å²) in [4.78, 5) is 41.1. The van der Waals surface area contributed by atoms with E-state index in [-0.39, 0.29) is 45.7 Å². The van der Waals surface area contributed by atoms with Crippen LogP contribution in [0.25, 0.3) is 10.9 Å². The predicted molar refractivity (Wildman–Crippen MR) is 145 cm³/mol. The Kier molecular flexibility index (Phi) is 7.33. The first-order valence-electron chi connectivity index (χ1n) is 12.2. The van der Waals surface area contributed by atoms with E-state index in [1.54, 1.807) is 55.4 Å². The summed E-state index contributed by atoms with van der Waals surface area (Å²) in [7, 11) is 0. The number of carbonyl (C=O) groups excluding carboxylic acids is 1. The maximum absolute atomic E-state index is 13.9. The maximum Gasteiger partial charge on any atom is 0.410 e. The second-order valence-electron chi connectivity index (χ2n) is 10.2. The lowest BCUT2D eigenvalue weighted by Crippen LogP contribution is -2.46. The fourth-order valence-corrected chi connectivity index (χ4v) is 4.77. The number of hydrogen-bond donors (Lipinski definition) is 3. The van der Waals surface area contributed by atoms with Gasteiger partial charge in [-0.05, 0) is 52.7 Å². The number of nitriles is 1.